The fourth-order valence-corrected chi connectivity index (χ4v) is 4.47. The predicted molar refractivity (Wildman–Crippen MR) is 110 cm³/mol. The highest BCUT2D eigenvalue weighted by Crippen LogP contribution is 2.78. The van der Waals surface area contributed by atoms with Crippen molar-refractivity contribution >= 4 is 19.3 Å². The minimum absolute atomic E-state index is 0.173. The van der Waals surface area contributed by atoms with Crippen molar-refractivity contribution < 1.29 is 28.4 Å². The average Bonchev–Trinajstić information content (AvgIpc) is 2.55. The van der Waals surface area contributed by atoms with Gasteiger partial charge >= 0.3 is 19.3 Å². The first-order valence-electron chi connectivity index (χ1n) is 10.4. The molecule has 164 valence electrons. The summed E-state index contributed by atoms with van der Waals surface area (Å²) in [4.78, 5) is 27.0. The molecule has 0 aromatic heterocycles. The van der Waals surface area contributed by atoms with Crippen LogP contribution in [0.3, 0.4) is 0 Å². The van der Waals surface area contributed by atoms with Crippen LogP contribution in [-0.2, 0) is 18.8 Å². The summed E-state index contributed by atoms with van der Waals surface area (Å²) in [5.41, 5.74) is -2.81. The van der Waals surface area contributed by atoms with Crippen molar-refractivity contribution in [3.8, 4) is 0 Å². The van der Waals surface area contributed by atoms with E-state index in [1.807, 2.05) is 27.7 Å². The van der Waals surface area contributed by atoms with E-state index in [0.29, 0.717) is 19.3 Å². The van der Waals surface area contributed by atoms with Crippen LogP contribution in [0.15, 0.2) is 0 Å². The van der Waals surface area contributed by atoms with Gasteiger partial charge in [0.15, 0.2) is 0 Å². The molecular formula is C21H36BNO6. The highest BCUT2D eigenvalue weighted by Gasteiger charge is 2.80. The van der Waals surface area contributed by atoms with Crippen LogP contribution in [0, 0.1) is 0 Å². The van der Waals surface area contributed by atoms with Crippen LogP contribution in [0.2, 0.25) is 5.31 Å². The quantitative estimate of drug-likeness (QED) is 0.603. The lowest BCUT2D eigenvalue weighted by Gasteiger charge is -2.72. The Morgan fingerprint density at radius 3 is 1.45 bits per heavy atom. The molecule has 4 fully saturated rings. The molecular weight excluding hydrogens is 373 g/mol. The highest BCUT2D eigenvalue weighted by atomic mass is 16.7. The standard InChI is InChI=1S/C21H36BNO6/c1-16(2,3)26-14(24)23(15(25)27-17(4,5)6)21-11-20(12-21,13-21)22-28-18(7,8)19(9,10)29-22/h11-13H2,1-10H3. The van der Waals surface area contributed by atoms with E-state index in [9.17, 15) is 9.59 Å². The van der Waals surface area contributed by atoms with E-state index >= 15 is 0 Å². The molecule has 4 aliphatic rings. The van der Waals surface area contributed by atoms with Crippen molar-refractivity contribution in [3.63, 3.8) is 0 Å². The third kappa shape index (κ3) is 3.78. The zero-order chi connectivity index (χ0) is 22.3. The lowest BCUT2D eigenvalue weighted by atomic mass is 9.26. The van der Waals surface area contributed by atoms with Crippen LogP contribution in [0.25, 0.3) is 0 Å². The largest absolute Gasteiger partial charge is 0.464 e. The number of hydrogen-bond donors (Lipinski definition) is 0. The molecule has 8 heteroatoms. The van der Waals surface area contributed by atoms with E-state index < -0.39 is 40.1 Å². The summed E-state index contributed by atoms with van der Waals surface area (Å²) in [6, 6.07) is 0. The smallest absolute Gasteiger partial charge is 0.443 e. The zero-order valence-electron chi connectivity index (χ0n) is 19.6. The molecule has 29 heavy (non-hydrogen) atoms. The molecule has 1 saturated heterocycles. The number of carbonyl (C=O) groups is 2. The third-order valence-electron chi connectivity index (χ3n) is 6.42. The van der Waals surface area contributed by atoms with E-state index in [1.165, 1.54) is 4.90 Å². The number of imide groups is 1. The molecule has 2 amide bonds. The molecule has 0 radical (unpaired) electrons. The zero-order valence-corrected chi connectivity index (χ0v) is 19.6. The van der Waals surface area contributed by atoms with E-state index in [4.69, 9.17) is 18.8 Å². The fraction of sp³-hybridized carbons (Fsp3) is 0.905. The Bertz CT molecular complexity index is 654. The van der Waals surface area contributed by atoms with Crippen molar-refractivity contribution in [2.24, 2.45) is 0 Å². The number of nitrogens with zero attached hydrogens (tertiary/aromatic N) is 1. The van der Waals surface area contributed by atoms with Crippen molar-refractivity contribution in [1.82, 2.24) is 4.90 Å². The number of carbonyl (C=O) groups excluding carboxylic acids is 2. The second-order valence-corrected chi connectivity index (χ2v) is 12.0. The van der Waals surface area contributed by atoms with E-state index in [-0.39, 0.29) is 12.4 Å². The third-order valence-corrected chi connectivity index (χ3v) is 6.42. The lowest BCUT2D eigenvalue weighted by molar-refractivity contribution is -0.134. The summed E-state index contributed by atoms with van der Waals surface area (Å²) in [5.74, 6) is 0. The molecule has 0 spiro atoms. The molecule has 0 N–H and O–H groups in total. The van der Waals surface area contributed by atoms with Crippen LogP contribution >= 0.6 is 0 Å². The van der Waals surface area contributed by atoms with Gasteiger partial charge in [-0.2, -0.15) is 0 Å². The maximum absolute atomic E-state index is 12.9. The Balaban J connectivity index is 1.77. The molecule has 0 atom stereocenters. The van der Waals surface area contributed by atoms with Gasteiger partial charge in [0.2, 0.25) is 0 Å². The molecule has 7 nitrogen and oxygen atoms in total. The second-order valence-electron chi connectivity index (χ2n) is 12.0. The Morgan fingerprint density at radius 2 is 1.14 bits per heavy atom. The first-order valence-corrected chi connectivity index (χ1v) is 10.4. The molecule has 0 aromatic carbocycles. The van der Waals surface area contributed by atoms with E-state index in [1.54, 1.807) is 41.5 Å². The summed E-state index contributed by atoms with van der Waals surface area (Å²) in [6.45, 7) is 18.8. The average molecular weight is 409 g/mol. The van der Waals surface area contributed by atoms with Gasteiger partial charge in [0.05, 0.1) is 16.7 Å². The summed E-state index contributed by atoms with van der Waals surface area (Å²) in [7, 11) is -0.339. The van der Waals surface area contributed by atoms with Crippen LogP contribution < -0.4 is 0 Å². The van der Waals surface area contributed by atoms with Gasteiger partial charge < -0.3 is 18.8 Å². The normalized spacial score (nSPS) is 32.1. The van der Waals surface area contributed by atoms with Gasteiger partial charge in [-0.15, -0.1) is 0 Å². The van der Waals surface area contributed by atoms with Crippen molar-refractivity contribution in [2.75, 3.05) is 0 Å². The Kier molecular flexibility index (Phi) is 4.74. The number of amides is 2. The molecule has 3 aliphatic carbocycles. The van der Waals surface area contributed by atoms with Crippen LogP contribution in [0.5, 0.6) is 0 Å². The second kappa shape index (κ2) is 6.13. The number of hydrogen-bond acceptors (Lipinski definition) is 6. The van der Waals surface area contributed by atoms with Crippen molar-refractivity contribution in [3.05, 3.63) is 0 Å². The van der Waals surface area contributed by atoms with Gasteiger partial charge in [0.1, 0.15) is 11.2 Å². The number of rotatable bonds is 2. The summed E-state index contributed by atoms with van der Waals surface area (Å²) >= 11 is 0. The van der Waals surface area contributed by atoms with Crippen LogP contribution in [0.1, 0.15) is 88.5 Å². The minimum atomic E-state index is -0.704. The molecule has 3 saturated carbocycles. The molecule has 4 rings (SSSR count). The predicted octanol–water partition coefficient (Wildman–Crippen LogP) is 4.93. The Morgan fingerprint density at radius 1 is 0.793 bits per heavy atom. The monoisotopic (exact) mass is 409 g/mol. The maximum Gasteiger partial charge on any atom is 0.464 e. The van der Waals surface area contributed by atoms with Gasteiger partial charge in [-0.05, 0) is 88.5 Å². The van der Waals surface area contributed by atoms with Gasteiger partial charge in [0.25, 0.3) is 0 Å². The fourth-order valence-electron chi connectivity index (χ4n) is 4.47. The molecule has 0 aromatic rings. The van der Waals surface area contributed by atoms with Crippen molar-refractivity contribution in [2.45, 2.75) is 122 Å². The topological polar surface area (TPSA) is 74.3 Å². The SMILES string of the molecule is CC(C)(C)OC(=O)N(C(=O)OC(C)(C)C)C12CC(B3OC(C)(C)C(C)(C)O3)(C1)C2. The molecule has 0 unspecified atom stereocenters. The summed E-state index contributed by atoms with van der Waals surface area (Å²) in [5, 5.41) is -0.173. The molecule has 1 aliphatic heterocycles. The van der Waals surface area contributed by atoms with Crippen molar-refractivity contribution in [1.29, 1.82) is 0 Å². The summed E-state index contributed by atoms with van der Waals surface area (Å²) < 4.78 is 23.5. The lowest BCUT2D eigenvalue weighted by Crippen LogP contribution is -2.77. The van der Waals surface area contributed by atoms with E-state index in [0.717, 1.165) is 0 Å². The number of ether oxygens (including phenoxy) is 2. The van der Waals surface area contributed by atoms with E-state index in [2.05, 4.69) is 0 Å². The van der Waals surface area contributed by atoms with Gasteiger partial charge in [-0.1, -0.05) is 0 Å². The Labute approximate surface area is 174 Å². The first kappa shape index (κ1) is 22.4. The minimum Gasteiger partial charge on any atom is -0.443 e. The van der Waals surface area contributed by atoms with Gasteiger partial charge in [-0.25, -0.2) is 14.5 Å². The summed E-state index contributed by atoms with van der Waals surface area (Å²) in [6.07, 6.45) is 0.586. The maximum atomic E-state index is 12.9. The van der Waals surface area contributed by atoms with Gasteiger partial charge in [-0.3, -0.25) is 0 Å². The highest BCUT2D eigenvalue weighted by molar-refractivity contribution is 6.51. The molecule has 2 bridgehead atoms. The van der Waals surface area contributed by atoms with Crippen LogP contribution in [0.4, 0.5) is 9.59 Å². The van der Waals surface area contributed by atoms with Gasteiger partial charge in [0, 0.05) is 5.31 Å². The Hall–Kier alpha value is -1.28. The molecule has 1 heterocycles. The van der Waals surface area contributed by atoms with Crippen LogP contribution in [-0.4, -0.2) is 52.1 Å². The first-order chi connectivity index (χ1) is 12.8.